The summed E-state index contributed by atoms with van der Waals surface area (Å²) < 4.78 is 9.62. The van der Waals surface area contributed by atoms with Crippen LogP contribution in [0.5, 0.6) is 0 Å². The van der Waals surface area contributed by atoms with Crippen LogP contribution in [0.4, 0.5) is 0 Å². The fraction of sp³-hybridized carbons (Fsp3) is 0.667. The maximum Gasteiger partial charge on any atom is 0.330 e. The molecule has 0 aromatic rings. The van der Waals surface area contributed by atoms with Crippen molar-refractivity contribution in [2.75, 3.05) is 26.9 Å². The van der Waals surface area contributed by atoms with Gasteiger partial charge in [-0.3, -0.25) is 0 Å². The van der Waals surface area contributed by atoms with Crippen LogP contribution in [0, 0.1) is 0 Å². The molecule has 4 heteroatoms. The minimum absolute atomic E-state index is 0.315. The zero-order valence-corrected chi connectivity index (χ0v) is 7.79. The summed E-state index contributed by atoms with van der Waals surface area (Å²) in [5.74, 6) is -0.315. The van der Waals surface area contributed by atoms with Crippen molar-refractivity contribution in [3.63, 3.8) is 0 Å². The lowest BCUT2D eigenvalue weighted by Crippen LogP contribution is -2.29. The van der Waals surface area contributed by atoms with Crippen LogP contribution in [-0.4, -0.2) is 38.9 Å². The Morgan fingerprint density at radius 3 is 3.23 bits per heavy atom. The molecule has 0 saturated carbocycles. The van der Waals surface area contributed by atoms with Crippen molar-refractivity contribution in [3.05, 3.63) is 12.2 Å². The summed E-state index contributed by atoms with van der Waals surface area (Å²) >= 11 is 0. The van der Waals surface area contributed by atoms with E-state index in [4.69, 9.17) is 4.74 Å². The van der Waals surface area contributed by atoms with Gasteiger partial charge in [-0.25, -0.2) is 4.79 Å². The van der Waals surface area contributed by atoms with Crippen LogP contribution in [0.3, 0.4) is 0 Å². The Kier molecular flexibility index (Phi) is 4.49. The lowest BCUT2D eigenvalue weighted by atomic mass is 10.2. The molecule has 1 N–H and O–H groups in total. The van der Waals surface area contributed by atoms with E-state index in [2.05, 4.69) is 10.1 Å². The number of hydrogen-bond donors (Lipinski definition) is 1. The second-order valence-electron chi connectivity index (χ2n) is 2.89. The second-order valence-corrected chi connectivity index (χ2v) is 2.89. The lowest BCUT2D eigenvalue weighted by molar-refractivity contribution is -0.134. The third kappa shape index (κ3) is 4.05. The number of carbonyl (C=O) groups is 1. The SMILES string of the molecule is COC(=O)C=CCNC1CCOC1. The first-order chi connectivity index (χ1) is 6.33. The molecule has 1 saturated heterocycles. The fourth-order valence-corrected chi connectivity index (χ4v) is 1.15. The summed E-state index contributed by atoms with van der Waals surface area (Å²) in [6.45, 7) is 2.29. The van der Waals surface area contributed by atoms with E-state index >= 15 is 0 Å². The molecule has 1 fully saturated rings. The Morgan fingerprint density at radius 1 is 1.77 bits per heavy atom. The van der Waals surface area contributed by atoms with Crippen molar-refractivity contribution in [1.29, 1.82) is 0 Å². The molecule has 0 radical (unpaired) electrons. The third-order valence-electron chi connectivity index (χ3n) is 1.91. The molecule has 0 spiro atoms. The van der Waals surface area contributed by atoms with Crippen LogP contribution in [0.1, 0.15) is 6.42 Å². The first-order valence-corrected chi connectivity index (χ1v) is 4.38. The van der Waals surface area contributed by atoms with E-state index in [1.807, 2.05) is 0 Å². The highest BCUT2D eigenvalue weighted by Gasteiger charge is 2.13. The number of carbonyl (C=O) groups excluding carboxylic acids is 1. The van der Waals surface area contributed by atoms with E-state index < -0.39 is 0 Å². The van der Waals surface area contributed by atoms with Crippen molar-refractivity contribution >= 4 is 5.97 Å². The Bertz CT molecular complexity index is 185. The molecular weight excluding hydrogens is 170 g/mol. The highest BCUT2D eigenvalue weighted by atomic mass is 16.5. The van der Waals surface area contributed by atoms with Gasteiger partial charge >= 0.3 is 5.97 Å². The van der Waals surface area contributed by atoms with Crippen molar-refractivity contribution in [3.8, 4) is 0 Å². The molecule has 0 aromatic carbocycles. The van der Waals surface area contributed by atoms with E-state index in [-0.39, 0.29) is 5.97 Å². The molecule has 1 heterocycles. The highest BCUT2D eigenvalue weighted by Crippen LogP contribution is 2.02. The Morgan fingerprint density at radius 2 is 2.62 bits per heavy atom. The predicted molar refractivity (Wildman–Crippen MR) is 48.4 cm³/mol. The highest BCUT2D eigenvalue weighted by molar-refractivity contribution is 5.81. The van der Waals surface area contributed by atoms with Gasteiger partial charge in [0.15, 0.2) is 0 Å². The smallest absolute Gasteiger partial charge is 0.330 e. The van der Waals surface area contributed by atoms with Crippen molar-refractivity contribution in [1.82, 2.24) is 5.32 Å². The quantitative estimate of drug-likeness (QED) is 0.498. The topological polar surface area (TPSA) is 47.6 Å². The monoisotopic (exact) mass is 185 g/mol. The minimum Gasteiger partial charge on any atom is -0.466 e. The normalized spacial score (nSPS) is 22.4. The molecule has 1 aliphatic rings. The molecule has 13 heavy (non-hydrogen) atoms. The van der Waals surface area contributed by atoms with Gasteiger partial charge in [0.25, 0.3) is 0 Å². The number of methoxy groups -OCH3 is 1. The molecule has 74 valence electrons. The zero-order valence-electron chi connectivity index (χ0n) is 7.79. The van der Waals surface area contributed by atoms with E-state index in [1.165, 1.54) is 13.2 Å². The van der Waals surface area contributed by atoms with E-state index in [0.29, 0.717) is 12.6 Å². The number of esters is 1. The van der Waals surface area contributed by atoms with Crippen LogP contribution < -0.4 is 5.32 Å². The second kappa shape index (κ2) is 5.72. The summed E-state index contributed by atoms with van der Waals surface area (Å²) in [5, 5.41) is 3.24. The van der Waals surface area contributed by atoms with Gasteiger partial charge in [0.2, 0.25) is 0 Å². The van der Waals surface area contributed by atoms with Gasteiger partial charge in [0, 0.05) is 25.3 Å². The molecule has 0 aliphatic carbocycles. The maximum absolute atomic E-state index is 10.6. The molecule has 1 unspecified atom stereocenters. The van der Waals surface area contributed by atoms with Crippen LogP contribution in [0.2, 0.25) is 0 Å². The number of hydrogen-bond acceptors (Lipinski definition) is 4. The minimum atomic E-state index is -0.315. The summed E-state index contributed by atoms with van der Waals surface area (Å²) in [5.41, 5.74) is 0. The van der Waals surface area contributed by atoms with Gasteiger partial charge in [-0.1, -0.05) is 6.08 Å². The zero-order chi connectivity index (χ0) is 9.52. The van der Waals surface area contributed by atoms with Crippen molar-refractivity contribution in [2.45, 2.75) is 12.5 Å². The molecule has 4 nitrogen and oxygen atoms in total. The first-order valence-electron chi connectivity index (χ1n) is 4.38. The Hall–Kier alpha value is -0.870. The predicted octanol–water partition coefficient (Wildman–Crippen LogP) is 0.0941. The van der Waals surface area contributed by atoms with Crippen molar-refractivity contribution < 1.29 is 14.3 Å². The van der Waals surface area contributed by atoms with Gasteiger partial charge in [-0.05, 0) is 6.42 Å². The van der Waals surface area contributed by atoms with E-state index in [1.54, 1.807) is 6.08 Å². The summed E-state index contributed by atoms with van der Waals surface area (Å²) in [7, 11) is 1.37. The van der Waals surface area contributed by atoms with Gasteiger partial charge in [0.1, 0.15) is 0 Å². The van der Waals surface area contributed by atoms with Crippen LogP contribution in [0.25, 0.3) is 0 Å². The summed E-state index contributed by atoms with van der Waals surface area (Å²) in [6.07, 6.45) is 4.22. The first kappa shape index (κ1) is 10.2. The van der Waals surface area contributed by atoms with E-state index in [9.17, 15) is 4.79 Å². The largest absolute Gasteiger partial charge is 0.466 e. The molecule has 0 bridgehead atoms. The van der Waals surface area contributed by atoms with Gasteiger partial charge in [0.05, 0.1) is 13.7 Å². The fourth-order valence-electron chi connectivity index (χ4n) is 1.15. The van der Waals surface area contributed by atoms with Gasteiger partial charge in [-0.15, -0.1) is 0 Å². The van der Waals surface area contributed by atoms with Crippen LogP contribution in [-0.2, 0) is 14.3 Å². The number of rotatable bonds is 4. The molecule has 0 amide bonds. The van der Waals surface area contributed by atoms with Crippen molar-refractivity contribution in [2.24, 2.45) is 0 Å². The van der Waals surface area contributed by atoms with Crippen LogP contribution >= 0.6 is 0 Å². The average Bonchev–Trinajstić information content (AvgIpc) is 2.64. The summed E-state index contributed by atoms with van der Waals surface area (Å²) in [4.78, 5) is 10.6. The van der Waals surface area contributed by atoms with E-state index in [0.717, 1.165) is 19.6 Å². The van der Waals surface area contributed by atoms with Crippen LogP contribution in [0.15, 0.2) is 12.2 Å². The van der Waals surface area contributed by atoms with Gasteiger partial charge < -0.3 is 14.8 Å². The third-order valence-corrected chi connectivity index (χ3v) is 1.91. The Labute approximate surface area is 77.9 Å². The standard InChI is InChI=1S/C9H15NO3/c1-12-9(11)3-2-5-10-8-4-6-13-7-8/h2-3,8,10H,4-7H2,1H3. The number of nitrogens with one attached hydrogen (secondary N) is 1. The maximum atomic E-state index is 10.6. The van der Waals surface area contributed by atoms with Gasteiger partial charge in [-0.2, -0.15) is 0 Å². The summed E-state index contributed by atoms with van der Waals surface area (Å²) in [6, 6.07) is 0.433. The molecule has 1 rings (SSSR count). The Balaban J connectivity index is 2.05. The molecule has 1 aliphatic heterocycles. The lowest BCUT2D eigenvalue weighted by Gasteiger charge is -2.06. The molecule has 1 atom stereocenters. The molecule has 0 aromatic heterocycles. The average molecular weight is 185 g/mol. The molecular formula is C9H15NO3. The number of ether oxygens (including phenoxy) is 2.